The molecule has 0 atom stereocenters. The van der Waals surface area contributed by atoms with Gasteiger partial charge in [-0.15, -0.1) is 22.7 Å². The van der Waals surface area contributed by atoms with Gasteiger partial charge in [-0.3, -0.25) is 0 Å². The number of nitrogens with zero attached hydrogens (tertiary/aromatic N) is 2. The van der Waals surface area contributed by atoms with Crippen LogP contribution in [0.4, 0.5) is 8.78 Å². The van der Waals surface area contributed by atoms with Gasteiger partial charge < -0.3 is 0 Å². The molecule has 0 fully saturated rings. The van der Waals surface area contributed by atoms with Crippen LogP contribution in [0, 0.1) is 22.1 Å². The standard InChI is InChI=1S/C27H15F2IN2S3/c1-14-2-4-16(20(28)12-14)22-8-10-24(33-22)18-6-7-19(27-26(18)31-35-32-27)25-11-9-23(34-25)17-5-3-15(30)13-21(17)29/h2-13H,1H3. The van der Waals surface area contributed by atoms with Crippen LogP contribution in [-0.4, -0.2) is 8.75 Å². The molecule has 0 N–H and O–H groups in total. The molecule has 3 heterocycles. The summed E-state index contributed by atoms with van der Waals surface area (Å²) in [5, 5.41) is 0. The van der Waals surface area contributed by atoms with Gasteiger partial charge in [-0.2, -0.15) is 8.75 Å². The first-order valence-electron chi connectivity index (χ1n) is 10.7. The lowest BCUT2D eigenvalue weighted by atomic mass is 10.1. The second-order valence-corrected chi connectivity index (χ2v) is 12.0. The number of rotatable bonds is 4. The molecule has 172 valence electrons. The van der Waals surface area contributed by atoms with E-state index in [1.54, 1.807) is 23.5 Å². The molecule has 3 aromatic heterocycles. The average Bonchev–Trinajstić information content (AvgIpc) is 3.59. The van der Waals surface area contributed by atoms with Crippen molar-refractivity contribution in [2.75, 3.05) is 0 Å². The summed E-state index contributed by atoms with van der Waals surface area (Å²) in [6, 6.07) is 22.6. The molecule has 0 amide bonds. The van der Waals surface area contributed by atoms with Gasteiger partial charge in [-0.05, 0) is 83.6 Å². The molecule has 0 radical (unpaired) electrons. The van der Waals surface area contributed by atoms with Gasteiger partial charge in [-0.25, -0.2) is 8.78 Å². The third-order valence-corrected chi connectivity index (χ3v) is 9.25. The van der Waals surface area contributed by atoms with Gasteiger partial charge in [0.1, 0.15) is 22.7 Å². The molecular weight excluding hydrogens is 613 g/mol. The molecule has 6 rings (SSSR count). The Hall–Kier alpha value is -2.53. The molecule has 2 nitrogen and oxygen atoms in total. The molecule has 0 aliphatic heterocycles. The predicted molar refractivity (Wildman–Crippen MR) is 152 cm³/mol. The number of aromatic nitrogens is 2. The first-order valence-corrected chi connectivity index (χ1v) is 14.1. The molecule has 6 aromatic rings. The average molecular weight is 629 g/mol. The highest BCUT2D eigenvalue weighted by atomic mass is 127. The highest BCUT2D eigenvalue weighted by Gasteiger charge is 2.18. The molecule has 0 saturated carbocycles. The van der Waals surface area contributed by atoms with Crippen molar-refractivity contribution in [1.29, 1.82) is 0 Å². The van der Waals surface area contributed by atoms with Crippen molar-refractivity contribution in [2.24, 2.45) is 0 Å². The van der Waals surface area contributed by atoms with E-state index in [0.29, 0.717) is 11.1 Å². The molecular formula is C27H15F2IN2S3. The van der Waals surface area contributed by atoms with Crippen molar-refractivity contribution in [1.82, 2.24) is 8.75 Å². The number of halogens is 3. The largest absolute Gasteiger partial charge is 0.206 e. The molecule has 3 aromatic carbocycles. The van der Waals surface area contributed by atoms with Crippen molar-refractivity contribution in [3.63, 3.8) is 0 Å². The highest BCUT2D eigenvalue weighted by Crippen LogP contribution is 2.43. The Balaban J connectivity index is 1.39. The molecule has 0 unspecified atom stereocenters. The van der Waals surface area contributed by atoms with E-state index < -0.39 is 0 Å². The van der Waals surface area contributed by atoms with Crippen molar-refractivity contribution < 1.29 is 8.78 Å². The quantitative estimate of drug-likeness (QED) is 0.182. The minimum atomic E-state index is -0.223. The number of fused-ring (bicyclic) bond motifs is 1. The van der Waals surface area contributed by atoms with Gasteiger partial charge >= 0.3 is 0 Å². The zero-order valence-electron chi connectivity index (χ0n) is 18.2. The maximum Gasteiger partial charge on any atom is 0.132 e. The van der Waals surface area contributed by atoms with E-state index >= 15 is 0 Å². The maximum absolute atomic E-state index is 14.5. The van der Waals surface area contributed by atoms with Gasteiger partial charge in [0.25, 0.3) is 0 Å². The molecule has 8 heteroatoms. The van der Waals surface area contributed by atoms with E-state index in [2.05, 4.69) is 31.3 Å². The van der Waals surface area contributed by atoms with Crippen LogP contribution >= 0.6 is 57.0 Å². The Bertz CT molecular complexity index is 1590. The zero-order valence-corrected chi connectivity index (χ0v) is 22.8. The lowest BCUT2D eigenvalue weighted by molar-refractivity contribution is 0.630. The van der Waals surface area contributed by atoms with E-state index in [1.165, 1.54) is 23.1 Å². The number of thiophene rings is 2. The van der Waals surface area contributed by atoms with Gasteiger partial charge in [0, 0.05) is 45.3 Å². The van der Waals surface area contributed by atoms with Gasteiger partial charge in [-0.1, -0.05) is 24.3 Å². The fourth-order valence-corrected chi connectivity index (χ4v) is 7.17. The normalized spacial score (nSPS) is 11.4. The van der Waals surface area contributed by atoms with Crippen LogP contribution in [0.25, 0.3) is 52.8 Å². The Morgan fingerprint density at radius 3 is 1.57 bits per heavy atom. The van der Waals surface area contributed by atoms with Gasteiger partial charge in [0.15, 0.2) is 0 Å². The minimum Gasteiger partial charge on any atom is -0.206 e. The summed E-state index contributed by atoms with van der Waals surface area (Å²) in [6.45, 7) is 1.88. The van der Waals surface area contributed by atoms with Crippen LogP contribution in [0.15, 0.2) is 72.8 Å². The van der Waals surface area contributed by atoms with Crippen LogP contribution < -0.4 is 0 Å². The monoisotopic (exact) mass is 628 g/mol. The Labute approximate surface area is 226 Å². The summed E-state index contributed by atoms with van der Waals surface area (Å²) in [7, 11) is 0. The van der Waals surface area contributed by atoms with Gasteiger partial charge in [0.2, 0.25) is 0 Å². The number of aryl methyl sites for hydroxylation is 1. The first-order chi connectivity index (χ1) is 17.0. The fraction of sp³-hybridized carbons (Fsp3) is 0.0370. The van der Waals surface area contributed by atoms with Crippen molar-refractivity contribution in [2.45, 2.75) is 6.92 Å². The molecule has 0 bridgehead atoms. The summed E-state index contributed by atoms with van der Waals surface area (Å²) >= 11 is 6.36. The Morgan fingerprint density at radius 2 is 1.06 bits per heavy atom. The predicted octanol–water partition coefficient (Wildman–Crippen LogP) is 9.67. The molecule has 0 saturated heterocycles. The Kier molecular flexibility index (Phi) is 6.00. The highest BCUT2D eigenvalue weighted by molar-refractivity contribution is 14.1. The van der Waals surface area contributed by atoms with E-state index in [0.717, 1.165) is 50.8 Å². The van der Waals surface area contributed by atoms with Crippen LogP contribution in [0.3, 0.4) is 0 Å². The second kappa shape index (κ2) is 9.16. The van der Waals surface area contributed by atoms with Crippen molar-refractivity contribution >= 4 is 68.0 Å². The first kappa shape index (κ1) is 22.9. The minimum absolute atomic E-state index is 0.215. The number of benzene rings is 3. The third kappa shape index (κ3) is 4.22. The lowest BCUT2D eigenvalue weighted by Crippen LogP contribution is -1.83. The number of hydrogen-bond donors (Lipinski definition) is 0. The molecule has 0 aliphatic rings. The summed E-state index contributed by atoms with van der Waals surface area (Å²) in [4.78, 5) is 3.77. The van der Waals surface area contributed by atoms with Crippen LogP contribution in [0.1, 0.15) is 5.56 Å². The Morgan fingerprint density at radius 1 is 0.600 bits per heavy atom. The van der Waals surface area contributed by atoms with Crippen LogP contribution in [0.5, 0.6) is 0 Å². The zero-order chi connectivity index (χ0) is 24.1. The van der Waals surface area contributed by atoms with Crippen molar-refractivity contribution in [3.8, 4) is 41.8 Å². The topological polar surface area (TPSA) is 25.8 Å². The van der Waals surface area contributed by atoms with Crippen molar-refractivity contribution in [3.05, 3.63) is 93.6 Å². The van der Waals surface area contributed by atoms with Crippen LogP contribution in [0.2, 0.25) is 0 Å². The van der Waals surface area contributed by atoms with Crippen LogP contribution in [-0.2, 0) is 0 Å². The summed E-state index contributed by atoms with van der Waals surface area (Å²) < 4.78 is 39.1. The lowest BCUT2D eigenvalue weighted by Gasteiger charge is -2.04. The smallest absolute Gasteiger partial charge is 0.132 e. The SMILES string of the molecule is Cc1ccc(-c2ccc(-c3ccc(-c4ccc(-c5ccc(I)cc5F)s4)c4nsnc34)s2)c(F)c1. The molecule has 0 aliphatic carbocycles. The summed E-state index contributed by atoms with van der Waals surface area (Å²) in [5.74, 6) is -0.438. The summed E-state index contributed by atoms with van der Waals surface area (Å²) in [6.07, 6.45) is 0. The summed E-state index contributed by atoms with van der Waals surface area (Å²) in [5.41, 5.74) is 5.68. The molecule has 35 heavy (non-hydrogen) atoms. The molecule has 0 spiro atoms. The van der Waals surface area contributed by atoms with E-state index in [4.69, 9.17) is 0 Å². The second-order valence-electron chi connectivity index (χ2n) is 8.06. The van der Waals surface area contributed by atoms with E-state index in [9.17, 15) is 8.78 Å². The maximum atomic E-state index is 14.5. The number of hydrogen-bond acceptors (Lipinski definition) is 5. The van der Waals surface area contributed by atoms with E-state index in [1.807, 2.05) is 67.6 Å². The third-order valence-electron chi connectivity index (χ3n) is 5.74. The van der Waals surface area contributed by atoms with E-state index in [-0.39, 0.29) is 11.6 Å². The van der Waals surface area contributed by atoms with Gasteiger partial charge in [0.05, 0.1) is 11.7 Å². The fourth-order valence-electron chi connectivity index (χ4n) is 4.03.